The molecular formula is C17H19FN6O3. The van der Waals surface area contributed by atoms with Gasteiger partial charge in [0.25, 0.3) is 0 Å². The zero-order valence-corrected chi connectivity index (χ0v) is 14.7. The number of hydrogen-bond acceptors (Lipinski definition) is 6. The van der Waals surface area contributed by atoms with Gasteiger partial charge in [0.05, 0.1) is 18.7 Å². The van der Waals surface area contributed by atoms with Crippen molar-refractivity contribution in [3.05, 3.63) is 53.5 Å². The SMILES string of the molecule is COC(=O)NC(=N)c1cnc(NC(=O)NC(C)c2ccc(F)cc2)cc1N. The number of nitrogens with one attached hydrogen (secondary N) is 4. The van der Waals surface area contributed by atoms with Crippen LogP contribution in [0.15, 0.2) is 36.5 Å². The lowest BCUT2D eigenvalue weighted by atomic mass is 10.1. The van der Waals surface area contributed by atoms with E-state index in [1.165, 1.54) is 31.5 Å². The molecule has 0 radical (unpaired) electrons. The number of amidine groups is 1. The molecule has 1 unspecified atom stereocenters. The number of nitrogens with zero attached hydrogens (tertiary/aromatic N) is 1. The third-order valence-corrected chi connectivity index (χ3v) is 3.58. The summed E-state index contributed by atoms with van der Waals surface area (Å²) in [6.45, 7) is 1.75. The molecule has 1 aromatic carbocycles. The summed E-state index contributed by atoms with van der Waals surface area (Å²) in [7, 11) is 1.17. The van der Waals surface area contributed by atoms with E-state index in [-0.39, 0.29) is 34.8 Å². The van der Waals surface area contributed by atoms with Crippen molar-refractivity contribution in [1.82, 2.24) is 15.6 Å². The molecule has 6 N–H and O–H groups in total. The van der Waals surface area contributed by atoms with Crippen LogP contribution in [0.1, 0.15) is 24.1 Å². The van der Waals surface area contributed by atoms with E-state index in [0.717, 1.165) is 5.56 Å². The average Bonchev–Trinajstić information content (AvgIpc) is 2.61. The molecule has 2 aromatic rings. The van der Waals surface area contributed by atoms with Crippen LogP contribution in [-0.2, 0) is 4.74 Å². The molecule has 1 heterocycles. The Morgan fingerprint density at radius 2 is 1.96 bits per heavy atom. The standard InChI is InChI=1S/C17H19FN6O3/c1-9(10-3-5-11(18)6-4-10)22-16(25)23-14-7-13(19)12(8-21-14)15(20)24-17(26)27-2/h3-9H,1-2H3,(H2,20,24,26)(H4,19,21,22,23,25). The Morgan fingerprint density at radius 1 is 1.30 bits per heavy atom. The minimum Gasteiger partial charge on any atom is -0.453 e. The lowest BCUT2D eigenvalue weighted by molar-refractivity contribution is 0.177. The van der Waals surface area contributed by atoms with Crippen LogP contribution in [0.4, 0.5) is 25.5 Å². The van der Waals surface area contributed by atoms with E-state index >= 15 is 0 Å². The smallest absolute Gasteiger partial charge is 0.412 e. The molecule has 0 aliphatic heterocycles. The first-order valence-corrected chi connectivity index (χ1v) is 7.82. The van der Waals surface area contributed by atoms with Gasteiger partial charge in [0.15, 0.2) is 0 Å². The lowest BCUT2D eigenvalue weighted by Gasteiger charge is -2.15. The predicted octanol–water partition coefficient (Wildman–Crippen LogP) is 2.37. The van der Waals surface area contributed by atoms with Crippen molar-refractivity contribution < 1.29 is 18.7 Å². The van der Waals surface area contributed by atoms with Crippen LogP contribution < -0.4 is 21.7 Å². The van der Waals surface area contributed by atoms with Crippen molar-refractivity contribution in [2.45, 2.75) is 13.0 Å². The number of nitrogens with two attached hydrogens (primary N) is 1. The number of ether oxygens (including phenoxy) is 1. The fourth-order valence-electron chi connectivity index (χ4n) is 2.15. The van der Waals surface area contributed by atoms with Crippen molar-refractivity contribution in [2.75, 3.05) is 18.2 Å². The fraction of sp³-hybridized carbons (Fsp3) is 0.176. The van der Waals surface area contributed by atoms with E-state index in [4.69, 9.17) is 11.1 Å². The van der Waals surface area contributed by atoms with Crippen LogP contribution in [0.25, 0.3) is 0 Å². The minimum atomic E-state index is -0.809. The predicted molar refractivity (Wildman–Crippen MR) is 98.0 cm³/mol. The van der Waals surface area contributed by atoms with Crippen molar-refractivity contribution in [3.63, 3.8) is 0 Å². The molecule has 3 amide bonds. The van der Waals surface area contributed by atoms with Gasteiger partial charge in [-0.3, -0.25) is 16.0 Å². The van der Waals surface area contributed by atoms with Gasteiger partial charge in [-0.15, -0.1) is 0 Å². The zero-order valence-electron chi connectivity index (χ0n) is 14.7. The van der Waals surface area contributed by atoms with Gasteiger partial charge in [-0.05, 0) is 24.6 Å². The molecule has 27 heavy (non-hydrogen) atoms. The number of nitrogen functional groups attached to an aromatic ring is 1. The molecule has 0 spiro atoms. The monoisotopic (exact) mass is 374 g/mol. The van der Waals surface area contributed by atoms with Gasteiger partial charge in [0, 0.05) is 18.0 Å². The molecule has 0 aliphatic rings. The normalized spacial score (nSPS) is 11.2. The third kappa shape index (κ3) is 5.39. The number of urea groups is 1. The maximum absolute atomic E-state index is 13.0. The highest BCUT2D eigenvalue weighted by molar-refractivity contribution is 6.07. The number of aromatic nitrogens is 1. The van der Waals surface area contributed by atoms with Gasteiger partial charge >= 0.3 is 12.1 Å². The van der Waals surface area contributed by atoms with Gasteiger partial charge in [0.2, 0.25) is 0 Å². The van der Waals surface area contributed by atoms with Gasteiger partial charge in [-0.25, -0.2) is 19.0 Å². The highest BCUT2D eigenvalue weighted by atomic mass is 19.1. The summed E-state index contributed by atoms with van der Waals surface area (Å²) in [5.74, 6) is -0.485. The number of amides is 3. The highest BCUT2D eigenvalue weighted by Gasteiger charge is 2.14. The molecule has 0 saturated heterocycles. The lowest BCUT2D eigenvalue weighted by Crippen LogP contribution is -2.32. The fourth-order valence-corrected chi connectivity index (χ4v) is 2.15. The molecule has 1 aromatic heterocycles. The van der Waals surface area contributed by atoms with Crippen LogP contribution in [0, 0.1) is 11.2 Å². The number of halogens is 1. The summed E-state index contributed by atoms with van der Waals surface area (Å²) < 4.78 is 17.4. The molecule has 0 aliphatic carbocycles. The van der Waals surface area contributed by atoms with E-state index < -0.39 is 12.1 Å². The van der Waals surface area contributed by atoms with Crippen molar-refractivity contribution in [2.24, 2.45) is 0 Å². The van der Waals surface area contributed by atoms with Crippen molar-refractivity contribution >= 4 is 29.5 Å². The molecule has 142 valence electrons. The highest BCUT2D eigenvalue weighted by Crippen LogP contribution is 2.16. The van der Waals surface area contributed by atoms with Gasteiger partial charge in [-0.1, -0.05) is 12.1 Å². The molecule has 0 fully saturated rings. The number of carbonyl (C=O) groups is 2. The summed E-state index contributed by atoms with van der Waals surface area (Å²) in [6, 6.07) is 6.23. The van der Waals surface area contributed by atoms with E-state index in [1.807, 2.05) is 0 Å². The summed E-state index contributed by atoms with van der Waals surface area (Å²) in [4.78, 5) is 27.2. The van der Waals surface area contributed by atoms with Crippen LogP contribution in [0.3, 0.4) is 0 Å². The first-order valence-electron chi connectivity index (χ1n) is 7.82. The molecular weight excluding hydrogens is 355 g/mol. The number of rotatable bonds is 4. The largest absolute Gasteiger partial charge is 0.453 e. The Labute approximate surface area is 154 Å². The summed E-state index contributed by atoms with van der Waals surface area (Å²) in [6.07, 6.45) is 0.433. The second kappa shape index (κ2) is 8.61. The average molecular weight is 374 g/mol. The minimum absolute atomic E-state index is 0.133. The number of carbonyl (C=O) groups excluding carboxylic acids is 2. The Balaban J connectivity index is 1.99. The molecule has 9 nitrogen and oxygen atoms in total. The van der Waals surface area contributed by atoms with E-state index in [2.05, 4.69) is 25.7 Å². The molecule has 10 heteroatoms. The molecule has 1 atom stereocenters. The maximum Gasteiger partial charge on any atom is 0.412 e. The number of methoxy groups -OCH3 is 1. The first kappa shape index (κ1) is 19.6. The third-order valence-electron chi connectivity index (χ3n) is 3.58. The quantitative estimate of drug-likeness (QED) is 0.412. The van der Waals surface area contributed by atoms with E-state index in [1.54, 1.807) is 19.1 Å². The molecule has 2 rings (SSSR count). The Hall–Kier alpha value is -3.69. The first-order chi connectivity index (χ1) is 12.8. The van der Waals surface area contributed by atoms with Crippen molar-refractivity contribution in [1.29, 1.82) is 5.41 Å². The number of hydrogen-bond donors (Lipinski definition) is 5. The van der Waals surface area contributed by atoms with Crippen LogP contribution in [0.5, 0.6) is 0 Å². The number of anilines is 2. The van der Waals surface area contributed by atoms with Crippen molar-refractivity contribution in [3.8, 4) is 0 Å². The Morgan fingerprint density at radius 3 is 2.56 bits per heavy atom. The van der Waals surface area contributed by atoms with Crippen LogP contribution >= 0.6 is 0 Å². The van der Waals surface area contributed by atoms with E-state index in [0.29, 0.717) is 0 Å². The topological polar surface area (TPSA) is 142 Å². The second-order valence-electron chi connectivity index (χ2n) is 5.52. The molecule has 0 saturated carbocycles. The maximum atomic E-state index is 13.0. The van der Waals surface area contributed by atoms with E-state index in [9.17, 15) is 14.0 Å². The zero-order chi connectivity index (χ0) is 20.0. The summed E-state index contributed by atoms with van der Waals surface area (Å²) in [5, 5.41) is 15.1. The Bertz CT molecular complexity index is 856. The number of benzene rings is 1. The van der Waals surface area contributed by atoms with Gasteiger partial charge in [-0.2, -0.15) is 0 Å². The van der Waals surface area contributed by atoms with Crippen LogP contribution in [-0.4, -0.2) is 30.1 Å². The van der Waals surface area contributed by atoms with Gasteiger partial charge < -0.3 is 15.8 Å². The van der Waals surface area contributed by atoms with Gasteiger partial charge in [0.1, 0.15) is 17.5 Å². The second-order valence-corrected chi connectivity index (χ2v) is 5.52. The molecule has 0 bridgehead atoms. The Kier molecular flexibility index (Phi) is 6.26. The van der Waals surface area contributed by atoms with Crippen LogP contribution in [0.2, 0.25) is 0 Å². The number of pyridine rings is 1. The number of alkyl carbamates (subject to hydrolysis) is 1. The summed E-state index contributed by atoms with van der Waals surface area (Å²) in [5.41, 5.74) is 6.88. The summed E-state index contributed by atoms with van der Waals surface area (Å²) >= 11 is 0.